The minimum absolute atomic E-state index is 0.134. The predicted molar refractivity (Wildman–Crippen MR) is 71.0 cm³/mol. The molecule has 2 aromatic rings. The fourth-order valence-corrected chi connectivity index (χ4v) is 2.38. The summed E-state index contributed by atoms with van der Waals surface area (Å²) < 4.78 is 15.0. The Morgan fingerprint density at radius 2 is 2.24 bits per heavy atom. The van der Waals surface area contributed by atoms with Crippen LogP contribution in [0.3, 0.4) is 0 Å². The number of nitrogens with one attached hydrogen (secondary N) is 1. The lowest BCUT2D eigenvalue weighted by Gasteiger charge is -2.14. The van der Waals surface area contributed by atoms with Crippen molar-refractivity contribution in [3.63, 3.8) is 0 Å². The van der Waals surface area contributed by atoms with E-state index in [0.717, 1.165) is 0 Å². The number of carbonyl (C=O) groups excluding carboxylic acids is 2. The number of nitrogen functional groups attached to an aromatic ring is 1. The Balaban J connectivity index is 2.27. The Morgan fingerprint density at radius 3 is 2.95 bits per heavy atom. The number of hydrogen-bond acceptors (Lipinski definition) is 4. The minimum Gasteiger partial charge on any atom is -0.336 e. The largest absolute Gasteiger partial charge is 0.336 e. The molecule has 0 unspecified atom stereocenters. The highest BCUT2D eigenvalue weighted by Crippen LogP contribution is 2.26. The van der Waals surface area contributed by atoms with Gasteiger partial charge in [0.25, 0.3) is 11.8 Å². The van der Waals surface area contributed by atoms with Crippen molar-refractivity contribution >= 4 is 11.8 Å². The van der Waals surface area contributed by atoms with Gasteiger partial charge in [-0.05, 0) is 18.2 Å². The first-order chi connectivity index (χ1) is 10.0. The molecule has 3 N–H and O–H groups in total. The Hall–Kier alpha value is -2.74. The quantitative estimate of drug-likeness (QED) is 0.445. The van der Waals surface area contributed by atoms with E-state index in [2.05, 4.69) is 4.98 Å². The Bertz CT molecular complexity index is 755. The van der Waals surface area contributed by atoms with Gasteiger partial charge in [-0.1, -0.05) is 0 Å². The third-order valence-corrected chi connectivity index (χ3v) is 3.39. The van der Waals surface area contributed by atoms with Crippen molar-refractivity contribution < 1.29 is 14.0 Å². The Kier molecular flexibility index (Phi) is 2.95. The highest BCUT2D eigenvalue weighted by molar-refractivity contribution is 5.99. The number of amides is 2. The van der Waals surface area contributed by atoms with Gasteiger partial charge in [0.2, 0.25) is 0 Å². The van der Waals surface area contributed by atoms with Crippen LogP contribution >= 0.6 is 0 Å². The van der Waals surface area contributed by atoms with Gasteiger partial charge in [0.15, 0.2) is 5.69 Å². The Morgan fingerprint density at radius 1 is 1.48 bits per heavy atom. The molecule has 21 heavy (non-hydrogen) atoms. The van der Waals surface area contributed by atoms with E-state index in [-0.39, 0.29) is 23.7 Å². The van der Waals surface area contributed by atoms with Crippen LogP contribution in [0.1, 0.15) is 26.5 Å². The van der Waals surface area contributed by atoms with E-state index in [1.807, 2.05) is 5.43 Å². The normalized spacial score (nSPS) is 13.5. The number of halogens is 1. The fraction of sp³-hybridized carbons (Fsp3) is 0.154. The van der Waals surface area contributed by atoms with Crippen LogP contribution < -0.4 is 11.3 Å². The molecule has 1 aromatic carbocycles. The summed E-state index contributed by atoms with van der Waals surface area (Å²) in [6.45, 7) is 0.165. The number of nitrogens with two attached hydrogens (primary N) is 1. The summed E-state index contributed by atoms with van der Waals surface area (Å²) in [4.78, 5) is 29.5. The number of nitrogens with zero attached hydrogens (tertiary/aromatic N) is 3. The van der Waals surface area contributed by atoms with Gasteiger partial charge in [-0.25, -0.2) is 15.2 Å². The lowest BCUT2D eigenvalue weighted by Crippen LogP contribution is -2.32. The summed E-state index contributed by atoms with van der Waals surface area (Å²) in [6, 6.07) is 3.91. The van der Waals surface area contributed by atoms with Crippen LogP contribution in [0.4, 0.5) is 4.39 Å². The zero-order chi connectivity index (χ0) is 15.1. The number of benzene rings is 1. The molecule has 7 nitrogen and oxygen atoms in total. The summed E-state index contributed by atoms with van der Waals surface area (Å²) in [7, 11) is 1.57. The standard InChI is InChI=1S/C13H12FN5O2/c1-18-5-10-11(12(20)17-15)16-6-19(10)9-3-2-7(14)4-8(9)13(18)21/h2-4,6H,5,15H2,1H3,(H,17,20). The molecular formula is C13H12FN5O2. The monoisotopic (exact) mass is 289 g/mol. The van der Waals surface area contributed by atoms with E-state index >= 15 is 0 Å². The summed E-state index contributed by atoms with van der Waals surface area (Å²) in [5.41, 5.74) is 3.36. The second-order valence-electron chi connectivity index (χ2n) is 4.71. The molecule has 0 saturated carbocycles. The van der Waals surface area contributed by atoms with Crippen LogP contribution in [0, 0.1) is 5.82 Å². The number of fused-ring (bicyclic) bond motifs is 3. The molecule has 1 aromatic heterocycles. The van der Waals surface area contributed by atoms with Crippen molar-refractivity contribution in [2.24, 2.45) is 5.84 Å². The van der Waals surface area contributed by atoms with Gasteiger partial charge >= 0.3 is 0 Å². The second kappa shape index (κ2) is 4.67. The molecule has 2 amide bonds. The van der Waals surface area contributed by atoms with Crippen molar-refractivity contribution in [2.75, 3.05) is 7.05 Å². The van der Waals surface area contributed by atoms with Crippen LogP contribution in [0.5, 0.6) is 0 Å². The third kappa shape index (κ3) is 1.96. The zero-order valence-corrected chi connectivity index (χ0v) is 11.1. The molecule has 1 aliphatic heterocycles. The summed E-state index contributed by atoms with van der Waals surface area (Å²) in [5.74, 6) is 3.76. The van der Waals surface area contributed by atoms with Crippen LogP contribution in [-0.2, 0) is 6.54 Å². The van der Waals surface area contributed by atoms with E-state index in [9.17, 15) is 14.0 Å². The number of hydrogen-bond donors (Lipinski definition) is 2. The van der Waals surface area contributed by atoms with Gasteiger partial charge in [0.05, 0.1) is 23.5 Å². The molecule has 0 bridgehead atoms. The summed E-state index contributed by atoms with van der Waals surface area (Å²) in [5, 5.41) is 0. The van der Waals surface area contributed by atoms with E-state index < -0.39 is 11.7 Å². The van der Waals surface area contributed by atoms with Crippen molar-refractivity contribution in [1.82, 2.24) is 19.9 Å². The van der Waals surface area contributed by atoms with E-state index in [1.165, 1.54) is 29.4 Å². The maximum atomic E-state index is 13.4. The molecule has 0 fully saturated rings. The molecule has 2 heterocycles. The minimum atomic E-state index is -0.546. The van der Waals surface area contributed by atoms with Gasteiger partial charge < -0.3 is 4.90 Å². The Labute approximate surface area is 119 Å². The zero-order valence-electron chi connectivity index (χ0n) is 11.1. The smallest absolute Gasteiger partial charge is 0.285 e. The maximum absolute atomic E-state index is 13.4. The number of imidazole rings is 1. The molecule has 8 heteroatoms. The molecular weight excluding hydrogens is 277 g/mol. The SMILES string of the molecule is CN1Cc2c(C(=O)NN)ncn2-c2ccc(F)cc2C1=O. The van der Waals surface area contributed by atoms with Crippen molar-refractivity contribution in [3.05, 3.63) is 47.3 Å². The number of rotatable bonds is 1. The third-order valence-electron chi connectivity index (χ3n) is 3.39. The first-order valence-electron chi connectivity index (χ1n) is 6.15. The average molecular weight is 289 g/mol. The molecule has 3 rings (SSSR count). The molecule has 108 valence electrons. The maximum Gasteiger partial charge on any atom is 0.285 e. The van der Waals surface area contributed by atoms with Crippen LogP contribution in [-0.4, -0.2) is 33.3 Å². The van der Waals surface area contributed by atoms with Gasteiger partial charge in [-0.15, -0.1) is 0 Å². The van der Waals surface area contributed by atoms with Crippen molar-refractivity contribution in [2.45, 2.75) is 6.54 Å². The van der Waals surface area contributed by atoms with E-state index in [4.69, 9.17) is 5.84 Å². The van der Waals surface area contributed by atoms with E-state index in [1.54, 1.807) is 11.6 Å². The second-order valence-corrected chi connectivity index (χ2v) is 4.71. The van der Waals surface area contributed by atoms with Crippen molar-refractivity contribution in [3.8, 4) is 5.69 Å². The predicted octanol–water partition coefficient (Wildman–Crippen LogP) is 0.200. The van der Waals surface area contributed by atoms with Crippen LogP contribution in [0.2, 0.25) is 0 Å². The first-order valence-corrected chi connectivity index (χ1v) is 6.15. The first kappa shape index (κ1) is 13.3. The average Bonchev–Trinajstić information content (AvgIpc) is 2.85. The molecule has 0 saturated heterocycles. The van der Waals surface area contributed by atoms with Gasteiger partial charge in [-0.3, -0.25) is 19.6 Å². The number of hydrazine groups is 1. The van der Waals surface area contributed by atoms with Crippen molar-refractivity contribution in [1.29, 1.82) is 0 Å². The molecule has 0 aliphatic carbocycles. The summed E-state index contributed by atoms with van der Waals surface area (Å²) >= 11 is 0. The van der Waals surface area contributed by atoms with E-state index in [0.29, 0.717) is 11.4 Å². The van der Waals surface area contributed by atoms with Gasteiger partial charge in [0.1, 0.15) is 12.1 Å². The topological polar surface area (TPSA) is 93.2 Å². The van der Waals surface area contributed by atoms with Gasteiger partial charge in [-0.2, -0.15) is 0 Å². The van der Waals surface area contributed by atoms with Crippen LogP contribution in [0.15, 0.2) is 24.5 Å². The molecule has 1 aliphatic rings. The van der Waals surface area contributed by atoms with Crippen LogP contribution in [0.25, 0.3) is 5.69 Å². The summed E-state index contributed by atoms with van der Waals surface area (Å²) in [6.07, 6.45) is 1.42. The lowest BCUT2D eigenvalue weighted by atomic mass is 10.1. The highest BCUT2D eigenvalue weighted by Gasteiger charge is 2.28. The fourth-order valence-electron chi connectivity index (χ4n) is 2.38. The molecule has 0 spiro atoms. The van der Waals surface area contributed by atoms with Gasteiger partial charge in [0, 0.05) is 7.05 Å². The molecule has 0 radical (unpaired) electrons. The number of aromatic nitrogens is 2. The highest BCUT2D eigenvalue weighted by atomic mass is 19.1. The number of carbonyl (C=O) groups is 2. The molecule has 0 atom stereocenters. The lowest BCUT2D eigenvalue weighted by molar-refractivity contribution is 0.0784.